The minimum absolute atomic E-state index is 0.120. The van der Waals surface area contributed by atoms with Gasteiger partial charge in [-0.05, 0) is 36.2 Å². The van der Waals surface area contributed by atoms with Gasteiger partial charge >= 0.3 is 0 Å². The number of amides is 1. The summed E-state index contributed by atoms with van der Waals surface area (Å²) >= 11 is 7.61. The molecule has 0 saturated carbocycles. The number of carbonyl (C=O) groups excluding carboxylic acids is 1. The van der Waals surface area contributed by atoms with Crippen LogP contribution in [0.2, 0.25) is 5.02 Å². The molecule has 1 aromatic heterocycles. The van der Waals surface area contributed by atoms with Crippen LogP contribution in [0.3, 0.4) is 0 Å². The van der Waals surface area contributed by atoms with Gasteiger partial charge in [0.25, 0.3) is 5.56 Å². The van der Waals surface area contributed by atoms with E-state index in [2.05, 4.69) is 5.32 Å². The molecule has 0 aliphatic rings. The van der Waals surface area contributed by atoms with Crippen LogP contribution in [0.4, 0.5) is 0 Å². The number of hydrogen-bond donors (Lipinski definition) is 1. The van der Waals surface area contributed by atoms with Gasteiger partial charge in [0.2, 0.25) is 5.91 Å². The fourth-order valence-electron chi connectivity index (χ4n) is 3.31. The molecule has 4 rings (SSSR count). The SMILES string of the molecule is CC(Sc1nc2ccccc2c(=O)n1Cc1ccccc1Cl)C(=O)NCc1ccccc1. The lowest BCUT2D eigenvalue weighted by atomic mass is 10.2. The lowest BCUT2D eigenvalue weighted by Crippen LogP contribution is -2.31. The molecular weight excluding hydrogens is 442 g/mol. The number of hydrogen-bond acceptors (Lipinski definition) is 4. The first kappa shape index (κ1) is 22.1. The summed E-state index contributed by atoms with van der Waals surface area (Å²) in [6, 6.07) is 24.4. The number of halogens is 1. The summed E-state index contributed by atoms with van der Waals surface area (Å²) in [5, 5.41) is 4.11. The average Bonchev–Trinajstić information content (AvgIpc) is 2.81. The smallest absolute Gasteiger partial charge is 0.262 e. The summed E-state index contributed by atoms with van der Waals surface area (Å²) in [5.74, 6) is -0.120. The predicted molar refractivity (Wildman–Crippen MR) is 130 cm³/mol. The topological polar surface area (TPSA) is 64.0 Å². The van der Waals surface area contributed by atoms with E-state index in [0.29, 0.717) is 27.6 Å². The van der Waals surface area contributed by atoms with Gasteiger partial charge in [0, 0.05) is 11.6 Å². The summed E-state index contributed by atoms with van der Waals surface area (Å²) in [7, 11) is 0. The first-order chi connectivity index (χ1) is 15.5. The molecule has 0 radical (unpaired) electrons. The average molecular weight is 464 g/mol. The van der Waals surface area contributed by atoms with Crippen LogP contribution < -0.4 is 10.9 Å². The van der Waals surface area contributed by atoms with Gasteiger partial charge < -0.3 is 5.32 Å². The van der Waals surface area contributed by atoms with Crippen LogP contribution in [-0.4, -0.2) is 20.7 Å². The van der Waals surface area contributed by atoms with Gasteiger partial charge in [0.15, 0.2) is 5.16 Å². The van der Waals surface area contributed by atoms with Gasteiger partial charge in [-0.2, -0.15) is 0 Å². The maximum atomic E-state index is 13.3. The van der Waals surface area contributed by atoms with Gasteiger partial charge in [-0.3, -0.25) is 14.2 Å². The second-order valence-corrected chi connectivity index (χ2v) is 9.07. The summed E-state index contributed by atoms with van der Waals surface area (Å²) in [4.78, 5) is 30.7. The zero-order chi connectivity index (χ0) is 22.5. The first-order valence-electron chi connectivity index (χ1n) is 10.2. The Morgan fingerprint density at radius 3 is 2.50 bits per heavy atom. The molecule has 5 nitrogen and oxygen atoms in total. The molecule has 0 spiro atoms. The predicted octanol–water partition coefficient (Wildman–Crippen LogP) is 4.90. The molecule has 1 atom stereocenters. The van der Waals surface area contributed by atoms with Crippen LogP contribution in [0.1, 0.15) is 18.1 Å². The van der Waals surface area contributed by atoms with E-state index in [1.807, 2.05) is 67.6 Å². The monoisotopic (exact) mass is 463 g/mol. The van der Waals surface area contributed by atoms with Gasteiger partial charge in [0.05, 0.1) is 22.7 Å². The Morgan fingerprint density at radius 2 is 1.72 bits per heavy atom. The molecule has 162 valence electrons. The van der Waals surface area contributed by atoms with Crippen molar-refractivity contribution in [3.8, 4) is 0 Å². The van der Waals surface area contributed by atoms with E-state index in [-0.39, 0.29) is 18.0 Å². The Bertz CT molecular complexity index is 1310. The number of rotatable bonds is 7. The third kappa shape index (κ3) is 5.03. The second kappa shape index (κ2) is 10.0. The van der Waals surface area contributed by atoms with Crippen molar-refractivity contribution in [2.75, 3.05) is 0 Å². The van der Waals surface area contributed by atoms with Crippen LogP contribution in [-0.2, 0) is 17.9 Å². The Labute approximate surface area is 195 Å². The highest BCUT2D eigenvalue weighted by Gasteiger charge is 2.20. The van der Waals surface area contributed by atoms with E-state index in [0.717, 1.165) is 11.1 Å². The Kier molecular flexibility index (Phi) is 6.93. The molecule has 0 fully saturated rings. The molecule has 32 heavy (non-hydrogen) atoms. The summed E-state index contributed by atoms with van der Waals surface area (Å²) in [5.41, 5.74) is 2.29. The second-order valence-electron chi connectivity index (χ2n) is 7.36. The highest BCUT2D eigenvalue weighted by molar-refractivity contribution is 8.00. The van der Waals surface area contributed by atoms with Crippen LogP contribution in [0.5, 0.6) is 0 Å². The van der Waals surface area contributed by atoms with E-state index in [9.17, 15) is 9.59 Å². The van der Waals surface area contributed by atoms with Crippen LogP contribution in [0.25, 0.3) is 10.9 Å². The van der Waals surface area contributed by atoms with E-state index in [1.165, 1.54) is 11.8 Å². The summed E-state index contributed by atoms with van der Waals surface area (Å²) in [6.07, 6.45) is 0. The zero-order valence-electron chi connectivity index (χ0n) is 17.5. The molecule has 4 aromatic rings. The minimum Gasteiger partial charge on any atom is -0.351 e. The van der Waals surface area contributed by atoms with Crippen LogP contribution in [0.15, 0.2) is 88.8 Å². The van der Waals surface area contributed by atoms with E-state index in [4.69, 9.17) is 16.6 Å². The van der Waals surface area contributed by atoms with Gasteiger partial charge in [-0.1, -0.05) is 84.0 Å². The van der Waals surface area contributed by atoms with Crippen molar-refractivity contribution in [2.45, 2.75) is 30.4 Å². The normalized spacial score (nSPS) is 11.9. The van der Waals surface area contributed by atoms with E-state index < -0.39 is 5.25 Å². The third-order valence-electron chi connectivity index (χ3n) is 5.07. The van der Waals surface area contributed by atoms with Gasteiger partial charge in [-0.15, -0.1) is 0 Å². The molecule has 1 heterocycles. The molecule has 7 heteroatoms. The Hall–Kier alpha value is -3.09. The number of fused-ring (bicyclic) bond motifs is 1. The minimum atomic E-state index is -0.440. The van der Waals surface area contributed by atoms with E-state index >= 15 is 0 Å². The fraction of sp³-hybridized carbons (Fsp3) is 0.160. The quantitative estimate of drug-likeness (QED) is 0.313. The van der Waals surface area contributed by atoms with Crippen molar-refractivity contribution < 1.29 is 4.79 Å². The molecular formula is C25H22ClN3O2S. The number of nitrogens with one attached hydrogen (secondary N) is 1. The molecule has 0 aliphatic heterocycles. The summed E-state index contributed by atoms with van der Waals surface area (Å²) in [6.45, 7) is 2.53. The lowest BCUT2D eigenvalue weighted by molar-refractivity contribution is -0.120. The number of para-hydroxylation sites is 1. The molecule has 1 N–H and O–H groups in total. The molecule has 0 bridgehead atoms. The van der Waals surface area contributed by atoms with Crippen LogP contribution in [0, 0.1) is 0 Å². The van der Waals surface area contributed by atoms with Crippen molar-refractivity contribution in [1.29, 1.82) is 0 Å². The molecule has 1 amide bonds. The molecule has 1 unspecified atom stereocenters. The van der Waals surface area contributed by atoms with Crippen molar-refractivity contribution in [2.24, 2.45) is 0 Å². The van der Waals surface area contributed by atoms with Crippen molar-refractivity contribution in [3.05, 3.63) is 105 Å². The van der Waals surface area contributed by atoms with Crippen molar-refractivity contribution >= 4 is 40.2 Å². The van der Waals surface area contributed by atoms with Crippen LogP contribution >= 0.6 is 23.4 Å². The highest BCUT2D eigenvalue weighted by Crippen LogP contribution is 2.25. The highest BCUT2D eigenvalue weighted by atomic mass is 35.5. The van der Waals surface area contributed by atoms with Crippen molar-refractivity contribution in [1.82, 2.24) is 14.9 Å². The van der Waals surface area contributed by atoms with Gasteiger partial charge in [0.1, 0.15) is 0 Å². The van der Waals surface area contributed by atoms with Crippen molar-refractivity contribution in [3.63, 3.8) is 0 Å². The third-order valence-corrected chi connectivity index (χ3v) is 6.53. The van der Waals surface area contributed by atoms with E-state index in [1.54, 1.807) is 22.8 Å². The Balaban J connectivity index is 1.62. The zero-order valence-corrected chi connectivity index (χ0v) is 19.1. The molecule has 3 aromatic carbocycles. The molecule has 0 aliphatic carbocycles. The standard InChI is InChI=1S/C25H22ClN3O2S/c1-17(23(30)27-15-18-9-3-2-4-10-18)32-25-28-22-14-8-6-12-20(22)24(31)29(25)16-19-11-5-7-13-21(19)26/h2-14,17H,15-16H2,1H3,(H,27,30). The molecule has 0 saturated heterocycles. The fourth-order valence-corrected chi connectivity index (χ4v) is 4.44. The maximum Gasteiger partial charge on any atom is 0.262 e. The summed E-state index contributed by atoms with van der Waals surface area (Å²) < 4.78 is 1.59. The number of thioether (sulfide) groups is 1. The lowest BCUT2D eigenvalue weighted by Gasteiger charge is -2.17. The Morgan fingerprint density at radius 1 is 1.03 bits per heavy atom. The maximum absolute atomic E-state index is 13.3. The first-order valence-corrected chi connectivity index (χ1v) is 11.5. The largest absolute Gasteiger partial charge is 0.351 e. The number of nitrogens with zero attached hydrogens (tertiary/aromatic N) is 2. The van der Waals surface area contributed by atoms with Gasteiger partial charge in [-0.25, -0.2) is 4.98 Å². The number of aromatic nitrogens is 2. The number of carbonyl (C=O) groups is 1. The number of benzene rings is 3.